The van der Waals surface area contributed by atoms with Crippen molar-refractivity contribution in [2.45, 2.75) is 32.9 Å². The Morgan fingerprint density at radius 2 is 1.84 bits per heavy atom. The van der Waals surface area contributed by atoms with Gasteiger partial charge in [-0.3, -0.25) is 10.00 Å². The number of aryl methyl sites for hydroxylation is 2. The third kappa shape index (κ3) is 3.83. The second-order valence-electron chi connectivity index (χ2n) is 8.41. The number of rotatable bonds is 3. The lowest BCUT2D eigenvalue weighted by Gasteiger charge is -2.45. The first-order chi connectivity index (χ1) is 15.2. The van der Waals surface area contributed by atoms with E-state index in [1.165, 1.54) is 0 Å². The lowest BCUT2D eigenvalue weighted by molar-refractivity contribution is 0.189. The van der Waals surface area contributed by atoms with E-state index in [0.29, 0.717) is 30.2 Å². The molecule has 0 bridgehead atoms. The minimum Gasteiger partial charge on any atom is -0.368 e. The number of hydrogen-bond donors (Lipinski definition) is 2. The highest BCUT2D eigenvalue weighted by Gasteiger charge is 2.34. The molecule has 2 amide bonds. The standard InChI is InChI=1S/C20H29N11O/c1-11-9-30(20(32)25-16-13(3)24-15(8-22-16)28(4)5)10-12(2)31(11)18-14-7-23-29(6)17(14)26-19(21)27-18/h7-8,11-12H,9-10H2,1-6H3,(H2,21,26,27)(H,22,25,32)/t11-,12-/m0/s1. The van der Waals surface area contributed by atoms with Crippen LogP contribution in [-0.2, 0) is 7.05 Å². The molecule has 4 heterocycles. The molecule has 0 spiro atoms. The lowest BCUT2D eigenvalue weighted by atomic mass is 10.1. The Labute approximate surface area is 186 Å². The fourth-order valence-corrected chi connectivity index (χ4v) is 4.11. The van der Waals surface area contributed by atoms with Crippen LogP contribution in [0.4, 0.5) is 28.2 Å². The van der Waals surface area contributed by atoms with E-state index in [9.17, 15) is 4.79 Å². The summed E-state index contributed by atoms with van der Waals surface area (Å²) in [4.78, 5) is 36.5. The van der Waals surface area contributed by atoms with Crippen LogP contribution >= 0.6 is 0 Å². The van der Waals surface area contributed by atoms with E-state index in [1.807, 2.05) is 33.0 Å². The van der Waals surface area contributed by atoms with Crippen LogP contribution in [0.25, 0.3) is 11.0 Å². The van der Waals surface area contributed by atoms with E-state index in [-0.39, 0.29) is 24.1 Å². The zero-order chi connectivity index (χ0) is 23.2. The van der Waals surface area contributed by atoms with Crippen molar-refractivity contribution in [2.75, 3.05) is 48.0 Å². The Kier molecular flexibility index (Phi) is 5.45. The molecule has 1 fully saturated rings. The Bertz CT molecular complexity index is 1150. The van der Waals surface area contributed by atoms with Gasteiger partial charge in [-0.1, -0.05) is 0 Å². The quantitative estimate of drug-likeness (QED) is 0.618. The summed E-state index contributed by atoms with van der Waals surface area (Å²) in [5.74, 6) is 2.14. The van der Waals surface area contributed by atoms with Gasteiger partial charge in [-0.2, -0.15) is 15.1 Å². The minimum absolute atomic E-state index is 0.00510. The van der Waals surface area contributed by atoms with Gasteiger partial charge in [0, 0.05) is 46.3 Å². The summed E-state index contributed by atoms with van der Waals surface area (Å²) in [6, 6.07) is -0.192. The molecule has 2 atom stereocenters. The smallest absolute Gasteiger partial charge is 0.323 e. The summed E-state index contributed by atoms with van der Waals surface area (Å²) in [5.41, 5.74) is 7.32. The Balaban J connectivity index is 1.53. The van der Waals surface area contributed by atoms with Gasteiger partial charge in [0.1, 0.15) is 11.6 Å². The molecule has 3 aromatic rings. The average molecular weight is 440 g/mol. The SMILES string of the molecule is Cc1nc(N(C)C)cnc1NC(=O)N1C[C@H](C)N(c2nc(N)nc3c2cnn3C)[C@@H](C)C1. The number of nitrogens with zero attached hydrogens (tertiary/aromatic N) is 9. The molecule has 3 aromatic heterocycles. The average Bonchev–Trinajstić information content (AvgIpc) is 3.09. The van der Waals surface area contributed by atoms with Crippen molar-refractivity contribution >= 4 is 40.5 Å². The number of carbonyl (C=O) groups excluding carboxylic acids is 1. The molecule has 0 radical (unpaired) electrons. The molecular formula is C20H29N11O. The zero-order valence-corrected chi connectivity index (χ0v) is 19.2. The number of anilines is 4. The molecule has 170 valence electrons. The number of aromatic nitrogens is 6. The first-order valence-corrected chi connectivity index (χ1v) is 10.5. The monoisotopic (exact) mass is 439 g/mol. The van der Waals surface area contributed by atoms with Crippen molar-refractivity contribution in [3.63, 3.8) is 0 Å². The molecule has 0 aromatic carbocycles. The van der Waals surface area contributed by atoms with Crippen LogP contribution in [0.3, 0.4) is 0 Å². The van der Waals surface area contributed by atoms with E-state index in [4.69, 9.17) is 5.73 Å². The van der Waals surface area contributed by atoms with Gasteiger partial charge >= 0.3 is 6.03 Å². The van der Waals surface area contributed by atoms with Gasteiger partial charge in [0.05, 0.1) is 23.5 Å². The van der Waals surface area contributed by atoms with Gasteiger partial charge in [-0.25, -0.2) is 14.8 Å². The fraction of sp³-hybridized carbons (Fsp3) is 0.500. The van der Waals surface area contributed by atoms with Crippen molar-refractivity contribution < 1.29 is 4.79 Å². The van der Waals surface area contributed by atoms with Crippen molar-refractivity contribution in [1.82, 2.24) is 34.6 Å². The number of amides is 2. The predicted molar refractivity (Wildman–Crippen MR) is 124 cm³/mol. The Morgan fingerprint density at radius 3 is 2.47 bits per heavy atom. The van der Waals surface area contributed by atoms with Crippen molar-refractivity contribution in [1.29, 1.82) is 0 Å². The summed E-state index contributed by atoms with van der Waals surface area (Å²) < 4.78 is 1.68. The molecule has 1 saturated heterocycles. The zero-order valence-electron chi connectivity index (χ0n) is 19.2. The third-order valence-electron chi connectivity index (χ3n) is 5.66. The lowest BCUT2D eigenvalue weighted by Crippen LogP contribution is -2.59. The van der Waals surface area contributed by atoms with Crippen molar-refractivity contribution in [3.8, 4) is 0 Å². The van der Waals surface area contributed by atoms with Crippen molar-refractivity contribution in [3.05, 3.63) is 18.1 Å². The van der Waals surface area contributed by atoms with E-state index in [2.05, 4.69) is 49.1 Å². The molecule has 32 heavy (non-hydrogen) atoms. The van der Waals surface area contributed by atoms with Gasteiger partial charge in [0.15, 0.2) is 11.5 Å². The van der Waals surface area contributed by atoms with E-state index in [0.717, 1.165) is 17.0 Å². The van der Waals surface area contributed by atoms with E-state index < -0.39 is 0 Å². The number of nitrogens with one attached hydrogen (secondary N) is 1. The van der Waals surface area contributed by atoms with Crippen LogP contribution in [0, 0.1) is 6.92 Å². The molecule has 1 aliphatic heterocycles. The normalized spacial score (nSPS) is 18.8. The van der Waals surface area contributed by atoms with Gasteiger partial charge in [0.25, 0.3) is 0 Å². The molecule has 0 aliphatic carbocycles. The minimum atomic E-state index is -0.202. The topological polar surface area (TPSA) is 134 Å². The van der Waals surface area contributed by atoms with Crippen LogP contribution in [0.1, 0.15) is 19.5 Å². The maximum atomic E-state index is 13.0. The van der Waals surface area contributed by atoms with Crippen LogP contribution in [-0.4, -0.2) is 79.9 Å². The summed E-state index contributed by atoms with van der Waals surface area (Å²) >= 11 is 0. The summed E-state index contributed by atoms with van der Waals surface area (Å²) in [5, 5.41) is 8.04. The van der Waals surface area contributed by atoms with Crippen LogP contribution in [0.15, 0.2) is 12.4 Å². The van der Waals surface area contributed by atoms with Crippen LogP contribution in [0.5, 0.6) is 0 Å². The highest BCUT2D eigenvalue weighted by molar-refractivity contribution is 5.90. The number of piperazine rings is 1. The predicted octanol–water partition coefficient (Wildman–Crippen LogP) is 1.24. The van der Waals surface area contributed by atoms with Gasteiger partial charge < -0.3 is 20.4 Å². The molecule has 3 N–H and O–H groups in total. The molecule has 12 heteroatoms. The van der Waals surface area contributed by atoms with Crippen LogP contribution in [0.2, 0.25) is 0 Å². The number of nitrogen functional groups attached to an aromatic ring is 1. The summed E-state index contributed by atoms with van der Waals surface area (Å²) in [6.07, 6.45) is 3.39. The maximum Gasteiger partial charge on any atom is 0.323 e. The summed E-state index contributed by atoms with van der Waals surface area (Å²) in [7, 11) is 5.62. The summed E-state index contributed by atoms with van der Waals surface area (Å²) in [6.45, 7) is 6.99. The second kappa shape index (κ2) is 8.09. The molecule has 12 nitrogen and oxygen atoms in total. The Hall–Kier alpha value is -3.70. The number of fused-ring (bicyclic) bond motifs is 1. The molecule has 4 rings (SSSR count). The number of nitrogens with two attached hydrogens (primary N) is 1. The van der Waals surface area contributed by atoms with Gasteiger partial charge in [-0.15, -0.1) is 0 Å². The van der Waals surface area contributed by atoms with E-state index in [1.54, 1.807) is 22.0 Å². The van der Waals surface area contributed by atoms with E-state index >= 15 is 0 Å². The number of carbonyl (C=O) groups is 1. The maximum absolute atomic E-state index is 13.0. The highest BCUT2D eigenvalue weighted by Crippen LogP contribution is 2.30. The largest absolute Gasteiger partial charge is 0.368 e. The van der Waals surface area contributed by atoms with Gasteiger partial charge in [0.2, 0.25) is 5.95 Å². The third-order valence-corrected chi connectivity index (χ3v) is 5.66. The van der Waals surface area contributed by atoms with Gasteiger partial charge in [-0.05, 0) is 20.8 Å². The molecule has 0 saturated carbocycles. The number of urea groups is 1. The number of hydrogen-bond acceptors (Lipinski definition) is 9. The molecule has 1 aliphatic rings. The van der Waals surface area contributed by atoms with Crippen LogP contribution < -0.4 is 20.9 Å². The van der Waals surface area contributed by atoms with Crippen molar-refractivity contribution in [2.24, 2.45) is 7.05 Å². The first kappa shape index (κ1) is 21.5. The molecule has 0 unspecified atom stereocenters. The first-order valence-electron chi connectivity index (χ1n) is 10.5. The second-order valence-corrected chi connectivity index (χ2v) is 8.41. The fourth-order valence-electron chi connectivity index (χ4n) is 4.11. The Morgan fingerprint density at radius 1 is 1.16 bits per heavy atom. The highest BCUT2D eigenvalue weighted by atomic mass is 16.2. The molecular weight excluding hydrogens is 410 g/mol.